The maximum absolute atomic E-state index is 4.95. The highest BCUT2D eigenvalue weighted by Gasteiger charge is 1.81. The topological polar surface area (TPSA) is 42.9 Å². The fourth-order valence-electron chi connectivity index (χ4n) is 0.891. The summed E-state index contributed by atoms with van der Waals surface area (Å²) in [6.07, 6.45) is 1.47. The third-order valence-electron chi connectivity index (χ3n) is 1.65. The molecule has 0 bridgehead atoms. The molecule has 17 heavy (non-hydrogen) atoms. The molecule has 0 unspecified atom stereocenters. The molecule has 0 atom stereocenters. The molecular formula is C13H22N2O2. The third-order valence-corrected chi connectivity index (χ3v) is 1.65. The number of benzene rings is 1. The molecule has 0 heterocycles. The number of hydrogen-bond donors (Lipinski definition) is 1. The summed E-state index contributed by atoms with van der Waals surface area (Å²) in [6, 6.07) is 9.70. The summed E-state index contributed by atoms with van der Waals surface area (Å²) >= 11 is 0. The van der Waals surface area contributed by atoms with Gasteiger partial charge in [0.05, 0.1) is 19.0 Å². The van der Waals surface area contributed by atoms with Gasteiger partial charge in [-0.25, -0.2) is 4.99 Å². The molecule has 0 aliphatic rings. The summed E-state index contributed by atoms with van der Waals surface area (Å²) in [5.74, 6) is 0. The molecule has 0 radical (unpaired) electrons. The molecule has 0 spiro atoms. The van der Waals surface area contributed by atoms with Crippen molar-refractivity contribution in [3.05, 3.63) is 30.3 Å². The lowest BCUT2D eigenvalue weighted by Crippen LogP contribution is -2.10. The van der Waals surface area contributed by atoms with E-state index in [1.54, 1.807) is 0 Å². The van der Waals surface area contributed by atoms with Crippen LogP contribution in [-0.2, 0) is 9.47 Å². The zero-order valence-electron chi connectivity index (χ0n) is 10.8. The lowest BCUT2D eigenvalue weighted by molar-refractivity contribution is 0.134. The fourth-order valence-corrected chi connectivity index (χ4v) is 0.891. The van der Waals surface area contributed by atoms with Crippen LogP contribution in [0.2, 0.25) is 0 Å². The quantitative estimate of drug-likeness (QED) is 0.358. The van der Waals surface area contributed by atoms with Crippen LogP contribution in [0.1, 0.15) is 13.8 Å². The molecule has 96 valence electrons. The van der Waals surface area contributed by atoms with E-state index in [2.05, 4.69) is 10.3 Å². The SMILES string of the molecule is CCOC=Nc1ccccc1.CCOCNC. The van der Waals surface area contributed by atoms with Crippen molar-refractivity contribution in [2.75, 3.05) is 27.0 Å². The Hall–Kier alpha value is -1.39. The molecule has 1 rings (SSSR count). The molecule has 0 amide bonds. The van der Waals surface area contributed by atoms with E-state index < -0.39 is 0 Å². The lowest BCUT2D eigenvalue weighted by Gasteiger charge is -1.93. The van der Waals surface area contributed by atoms with Crippen LogP contribution in [0.25, 0.3) is 0 Å². The molecular weight excluding hydrogens is 216 g/mol. The molecule has 0 fully saturated rings. The van der Waals surface area contributed by atoms with Crippen molar-refractivity contribution in [2.45, 2.75) is 13.8 Å². The zero-order valence-corrected chi connectivity index (χ0v) is 10.8. The van der Waals surface area contributed by atoms with Gasteiger partial charge in [0.15, 0.2) is 6.40 Å². The average Bonchev–Trinajstić information content (AvgIpc) is 2.39. The minimum Gasteiger partial charge on any atom is -0.483 e. The monoisotopic (exact) mass is 238 g/mol. The van der Waals surface area contributed by atoms with Gasteiger partial charge in [-0.1, -0.05) is 18.2 Å². The maximum atomic E-state index is 4.95. The molecule has 4 nitrogen and oxygen atoms in total. The van der Waals surface area contributed by atoms with Gasteiger partial charge in [-0.2, -0.15) is 0 Å². The summed E-state index contributed by atoms with van der Waals surface area (Å²) < 4.78 is 9.82. The van der Waals surface area contributed by atoms with Crippen molar-refractivity contribution in [2.24, 2.45) is 4.99 Å². The van der Waals surface area contributed by atoms with Crippen molar-refractivity contribution in [1.29, 1.82) is 0 Å². The van der Waals surface area contributed by atoms with Gasteiger partial charge in [0.2, 0.25) is 0 Å². The minimum absolute atomic E-state index is 0.663. The number of hydrogen-bond acceptors (Lipinski definition) is 4. The first-order valence-electron chi connectivity index (χ1n) is 5.76. The Kier molecular flexibility index (Phi) is 11.6. The molecule has 0 aromatic heterocycles. The molecule has 0 saturated heterocycles. The largest absolute Gasteiger partial charge is 0.483 e. The molecule has 4 heteroatoms. The van der Waals surface area contributed by atoms with Crippen molar-refractivity contribution in [3.8, 4) is 0 Å². The standard InChI is InChI=1S/C9H11NO.C4H11NO/c1-2-11-8-10-9-6-4-3-5-7-9;1-3-6-4-5-2/h3-8H,2H2,1H3;5H,3-4H2,1-2H3. The van der Waals surface area contributed by atoms with E-state index in [-0.39, 0.29) is 0 Å². The van der Waals surface area contributed by atoms with Gasteiger partial charge in [0, 0.05) is 6.61 Å². The highest BCUT2D eigenvalue weighted by molar-refractivity contribution is 5.55. The minimum atomic E-state index is 0.663. The Morgan fingerprint density at radius 2 is 1.88 bits per heavy atom. The Balaban J connectivity index is 0.000000366. The van der Waals surface area contributed by atoms with Gasteiger partial charge in [-0.05, 0) is 33.0 Å². The summed E-state index contributed by atoms with van der Waals surface area (Å²) in [7, 11) is 1.86. The van der Waals surface area contributed by atoms with Crippen LogP contribution in [-0.4, -0.2) is 33.4 Å². The van der Waals surface area contributed by atoms with Crippen LogP contribution in [0.4, 0.5) is 5.69 Å². The highest BCUT2D eigenvalue weighted by atomic mass is 16.5. The molecule has 0 aliphatic heterocycles. The molecule has 1 aromatic carbocycles. The Labute approximate surface area is 104 Å². The second kappa shape index (κ2) is 12.7. The lowest BCUT2D eigenvalue weighted by atomic mass is 10.3. The summed E-state index contributed by atoms with van der Waals surface area (Å²) in [6.45, 7) is 6.02. The zero-order chi connectivity index (χ0) is 12.8. The van der Waals surface area contributed by atoms with Crippen LogP contribution in [0, 0.1) is 0 Å². The van der Waals surface area contributed by atoms with Crippen molar-refractivity contribution < 1.29 is 9.47 Å². The smallest absolute Gasteiger partial charge is 0.174 e. The molecule has 1 N–H and O–H groups in total. The van der Waals surface area contributed by atoms with E-state index in [1.807, 2.05) is 51.2 Å². The van der Waals surface area contributed by atoms with E-state index in [9.17, 15) is 0 Å². The van der Waals surface area contributed by atoms with Gasteiger partial charge < -0.3 is 9.47 Å². The Bertz CT molecular complexity index is 272. The second-order valence-corrected chi connectivity index (χ2v) is 3.02. The van der Waals surface area contributed by atoms with E-state index in [1.165, 1.54) is 6.40 Å². The van der Waals surface area contributed by atoms with E-state index in [0.29, 0.717) is 13.3 Å². The van der Waals surface area contributed by atoms with Gasteiger partial charge in [0.25, 0.3) is 0 Å². The van der Waals surface area contributed by atoms with E-state index in [4.69, 9.17) is 9.47 Å². The van der Waals surface area contributed by atoms with Gasteiger partial charge in [-0.3, -0.25) is 5.32 Å². The number of nitrogens with one attached hydrogen (secondary N) is 1. The normalized spacial score (nSPS) is 9.82. The fraction of sp³-hybridized carbons (Fsp3) is 0.462. The predicted molar refractivity (Wildman–Crippen MR) is 71.8 cm³/mol. The second-order valence-electron chi connectivity index (χ2n) is 3.02. The predicted octanol–water partition coefficient (Wildman–Crippen LogP) is 2.58. The van der Waals surface area contributed by atoms with Crippen molar-refractivity contribution in [1.82, 2.24) is 5.32 Å². The highest BCUT2D eigenvalue weighted by Crippen LogP contribution is 2.07. The van der Waals surface area contributed by atoms with Crippen LogP contribution in [0.5, 0.6) is 0 Å². The Morgan fingerprint density at radius 3 is 2.35 bits per heavy atom. The third kappa shape index (κ3) is 10.9. The maximum Gasteiger partial charge on any atom is 0.174 e. The Morgan fingerprint density at radius 1 is 1.18 bits per heavy atom. The summed E-state index contributed by atoms with van der Waals surface area (Å²) in [5, 5.41) is 2.85. The van der Waals surface area contributed by atoms with Crippen molar-refractivity contribution >= 4 is 12.1 Å². The number of ether oxygens (including phenoxy) is 2. The van der Waals surface area contributed by atoms with Crippen molar-refractivity contribution in [3.63, 3.8) is 0 Å². The first kappa shape index (κ1) is 15.6. The molecule has 0 saturated carbocycles. The van der Waals surface area contributed by atoms with E-state index >= 15 is 0 Å². The number of rotatable bonds is 6. The van der Waals surface area contributed by atoms with Gasteiger partial charge >= 0.3 is 0 Å². The number of nitrogens with zero attached hydrogens (tertiary/aromatic N) is 1. The number of aliphatic imine (C=N–C) groups is 1. The van der Waals surface area contributed by atoms with Crippen LogP contribution >= 0.6 is 0 Å². The molecule has 1 aromatic rings. The van der Waals surface area contributed by atoms with Gasteiger partial charge in [-0.15, -0.1) is 0 Å². The number of para-hydroxylation sites is 1. The van der Waals surface area contributed by atoms with Gasteiger partial charge in [0.1, 0.15) is 0 Å². The average molecular weight is 238 g/mol. The van der Waals surface area contributed by atoms with E-state index in [0.717, 1.165) is 12.3 Å². The van der Waals surface area contributed by atoms with Crippen LogP contribution in [0.3, 0.4) is 0 Å². The summed E-state index contributed by atoms with van der Waals surface area (Å²) in [5.41, 5.74) is 0.918. The summed E-state index contributed by atoms with van der Waals surface area (Å²) in [4.78, 5) is 4.05. The van der Waals surface area contributed by atoms with Crippen LogP contribution < -0.4 is 5.32 Å². The first-order chi connectivity index (χ1) is 8.35. The first-order valence-corrected chi connectivity index (χ1v) is 5.76. The molecule has 0 aliphatic carbocycles. The van der Waals surface area contributed by atoms with Crippen LogP contribution in [0.15, 0.2) is 35.3 Å².